The molecule has 5 heteroatoms. The third kappa shape index (κ3) is 3.73. The molecule has 0 bridgehead atoms. The Balaban J connectivity index is 1.87. The predicted octanol–water partition coefficient (Wildman–Crippen LogP) is 3.37. The summed E-state index contributed by atoms with van der Waals surface area (Å²) >= 11 is 0. The number of carbonyl (C=O) groups is 1. The Morgan fingerprint density at radius 1 is 1.23 bits per heavy atom. The molecule has 2 aromatic rings. The van der Waals surface area contributed by atoms with Gasteiger partial charge in [-0.1, -0.05) is 18.2 Å². The number of ether oxygens (including phenoxy) is 2. The summed E-state index contributed by atoms with van der Waals surface area (Å²) in [6.45, 7) is 3.89. The minimum atomic E-state index is -1.21. The van der Waals surface area contributed by atoms with Crippen molar-refractivity contribution in [2.45, 2.75) is 32.0 Å². The van der Waals surface area contributed by atoms with Crippen LogP contribution >= 0.6 is 0 Å². The van der Waals surface area contributed by atoms with Crippen molar-refractivity contribution in [3.8, 4) is 17.2 Å². The third-order valence-electron chi connectivity index (χ3n) is 4.30. The number of ketones is 1. The molecule has 1 heterocycles. The van der Waals surface area contributed by atoms with Crippen molar-refractivity contribution < 1.29 is 24.5 Å². The van der Waals surface area contributed by atoms with Crippen LogP contribution in [0.1, 0.15) is 35.3 Å². The second kappa shape index (κ2) is 6.84. The lowest BCUT2D eigenvalue weighted by Crippen LogP contribution is -2.28. The van der Waals surface area contributed by atoms with Crippen LogP contribution < -0.4 is 9.47 Å². The summed E-state index contributed by atoms with van der Waals surface area (Å²) in [5.74, 6) is 0.722. The van der Waals surface area contributed by atoms with Crippen LogP contribution in [0.3, 0.4) is 0 Å². The third-order valence-corrected chi connectivity index (χ3v) is 4.30. The van der Waals surface area contributed by atoms with Gasteiger partial charge in [0, 0.05) is 18.1 Å². The highest BCUT2D eigenvalue weighted by Gasteiger charge is 2.27. The van der Waals surface area contributed by atoms with Gasteiger partial charge in [0.15, 0.2) is 5.78 Å². The first-order valence-corrected chi connectivity index (χ1v) is 8.39. The number of hydrogen-bond donors (Lipinski definition) is 2. The average molecular weight is 354 g/mol. The summed E-state index contributed by atoms with van der Waals surface area (Å²) in [4.78, 5) is 12.8. The molecule has 0 amide bonds. The molecule has 2 N–H and O–H groups in total. The maximum atomic E-state index is 12.8. The first kappa shape index (κ1) is 18.0. The fraction of sp³-hybridized carbons (Fsp3) is 0.286. The van der Waals surface area contributed by atoms with E-state index in [9.17, 15) is 15.0 Å². The number of fused-ring (bicyclic) bond motifs is 1. The molecule has 1 aliphatic rings. The van der Waals surface area contributed by atoms with E-state index in [2.05, 4.69) is 0 Å². The zero-order valence-electron chi connectivity index (χ0n) is 15.0. The van der Waals surface area contributed by atoms with Crippen LogP contribution in [0.15, 0.2) is 42.5 Å². The van der Waals surface area contributed by atoms with Gasteiger partial charge in [-0.05, 0) is 43.7 Å². The predicted molar refractivity (Wildman–Crippen MR) is 98.9 cm³/mol. The largest absolute Gasteiger partial charge is 0.508 e. The number of phenolic OH excluding ortho intramolecular Hbond substituents is 1. The lowest BCUT2D eigenvalue weighted by Gasteiger charge is -2.28. The van der Waals surface area contributed by atoms with E-state index in [1.165, 1.54) is 19.2 Å². The highest BCUT2D eigenvalue weighted by Crippen LogP contribution is 2.36. The first-order valence-electron chi connectivity index (χ1n) is 8.39. The molecule has 1 atom stereocenters. The second-order valence-corrected chi connectivity index (χ2v) is 6.88. The minimum Gasteiger partial charge on any atom is -0.508 e. The Morgan fingerprint density at radius 3 is 2.58 bits per heavy atom. The Hall–Kier alpha value is -2.79. The molecule has 0 unspecified atom stereocenters. The monoisotopic (exact) mass is 354 g/mol. The number of aliphatic hydroxyl groups excluding tert-OH is 1. The Bertz CT molecular complexity index is 849. The number of benzene rings is 2. The van der Waals surface area contributed by atoms with Crippen LogP contribution in [0, 0.1) is 0 Å². The molecule has 0 radical (unpaired) electrons. The normalized spacial score (nSPS) is 15.7. The van der Waals surface area contributed by atoms with Gasteiger partial charge in [0.2, 0.25) is 0 Å². The van der Waals surface area contributed by atoms with Crippen LogP contribution in [-0.4, -0.2) is 34.8 Å². The van der Waals surface area contributed by atoms with Crippen molar-refractivity contribution >= 4 is 11.9 Å². The van der Waals surface area contributed by atoms with Gasteiger partial charge >= 0.3 is 0 Å². The molecule has 26 heavy (non-hydrogen) atoms. The highest BCUT2D eigenvalue weighted by molar-refractivity contribution is 6.02. The Morgan fingerprint density at radius 2 is 1.92 bits per heavy atom. The summed E-state index contributed by atoms with van der Waals surface area (Å²) in [5.41, 5.74) is 1.41. The quantitative estimate of drug-likeness (QED) is 0.805. The number of hydrogen-bond acceptors (Lipinski definition) is 5. The molecule has 0 saturated carbocycles. The van der Waals surface area contributed by atoms with Gasteiger partial charge in [-0.15, -0.1) is 0 Å². The number of methoxy groups -OCH3 is 1. The fourth-order valence-corrected chi connectivity index (χ4v) is 2.89. The molecule has 3 rings (SSSR count). The molecule has 0 fully saturated rings. The highest BCUT2D eigenvalue weighted by atomic mass is 16.5. The summed E-state index contributed by atoms with van der Waals surface area (Å²) in [7, 11) is 1.48. The number of carbonyl (C=O) groups excluding carboxylic acids is 1. The summed E-state index contributed by atoms with van der Waals surface area (Å²) in [6.07, 6.45) is 2.76. The van der Waals surface area contributed by atoms with Crippen LogP contribution in [0.25, 0.3) is 6.08 Å². The standard InChI is InChI=1S/C21H22O5/c1-21(2)9-8-14-11-16(19(25-3)12-18(14)26-21)20(24)17(23)10-13-4-6-15(22)7-5-13/h4-9,11-12,17,22-23H,10H2,1-3H3/t17-/m0/s1. The van der Waals surface area contributed by atoms with Gasteiger partial charge in [-0.2, -0.15) is 0 Å². The zero-order chi connectivity index (χ0) is 18.9. The number of Topliss-reactive ketones (excluding diaryl/α,β-unsaturated/α-hetero) is 1. The Kier molecular flexibility index (Phi) is 4.74. The molecular weight excluding hydrogens is 332 g/mol. The van der Waals surface area contributed by atoms with E-state index in [-0.39, 0.29) is 12.2 Å². The van der Waals surface area contributed by atoms with E-state index in [1.807, 2.05) is 26.0 Å². The van der Waals surface area contributed by atoms with E-state index >= 15 is 0 Å². The minimum absolute atomic E-state index is 0.139. The lowest BCUT2D eigenvalue weighted by atomic mass is 9.95. The van der Waals surface area contributed by atoms with E-state index in [0.29, 0.717) is 17.1 Å². The molecule has 2 aromatic carbocycles. The van der Waals surface area contributed by atoms with Gasteiger partial charge in [0.05, 0.1) is 12.7 Å². The second-order valence-electron chi connectivity index (χ2n) is 6.88. The average Bonchev–Trinajstić information content (AvgIpc) is 2.61. The molecular formula is C21H22O5. The molecule has 0 aromatic heterocycles. The molecule has 5 nitrogen and oxygen atoms in total. The van der Waals surface area contributed by atoms with Crippen LogP contribution in [0.2, 0.25) is 0 Å². The molecule has 0 spiro atoms. The van der Waals surface area contributed by atoms with Gasteiger partial charge in [0.1, 0.15) is 29.0 Å². The summed E-state index contributed by atoms with van der Waals surface area (Å²) in [5, 5.41) is 19.7. The van der Waals surface area contributed by atoms with Crippen molar-refractivity contribution in [1.29, 1.82) is 0 Å². The number of aromatic hydroxyl groups is 1. The van der Waals surface area contributed by atoms with Crippen molar-refractivity contribution in [3.05, 3.63) is 59.2 Å². The van der Waals surface area contributed by atoms with E-state index in [1.54, 1.807) is 24.3 Å². The van der Waals surface area contributed by atoms with Crippen LogP contribution in [0.4, 0.5) is 0 Å². The molecule has 136 valence electrons. The topological polar surface area (TPSA) is 76.0 Å². The van der Waals surface area contributed by atoms with E-state index in [4.69, 9.17) is 9.47 Å². The molecule has 0 aliphatic carbocycles. The van der Waals surface area contributed by atoms with Crippen molar-refractivity contribution in [2.75, 3.05) is 7.11 Å². The van der Waals surface area contributed by atoms with Gasteiger partial charge < -0.3 is 19.7 Å². The molecule has 0 saturated heterocycles. The van der Waals surface area contributed by atoms with Gasteiger partial charge in [0.25, 0.3) is 0 Å². The lowest BCUT2D eigenvalue weighted by molar-refractivity contribution is 0.0744. The fourth-order valence-electron chi connectivity index (χ4n) is 2.89. The number of aliphatic hydroxyl groups is 1. The van der Waals surface area contributed by atoms with Crippen molar-refractivity contribution in [3.63, 3.8) is 0 Å². The maximum Gasteiger partial charge on any atom is 0.195 e. The first-order chi connectivity index (χ1) is 12.3. The smallest absolute Gasteiger partial charge is 0.195 e. The van der Waals surface area contributed by atoms with E-state index < -0.39 is 17.5 Å². The maximum absolute atomic E-state index is 12.8. The van der Waals surface area contributed by atoms with Crippen molar-refractivity contribution in [2.24, 2.45) is 0 Å². The SMILES string of the molecule is COc1cc2c(cc1C(=O)[C@@H](O)Cc1ccc(O)cc1)C=CC(C)(C)O2. The summed E-state index contributed by atoms with van der Waals surface area (Å²) < 4.78 is 11.2. The van der Waals surface area contributed by atoms with Gasteiger partial charge in [-0.3, -0.25) is 4.79 Å². The van der Waals surface area contributed by atoms with Crippen LogP contribution in [0.5, 0.6) is 17.2 Å². The van der Waals surface area contributed by atoms with E-state index in [0.717, 1.165) is 11.1 Å². The Labute approximate surface area is 152 Å². The number of rotatable bonds is 5. The zero-order valence-corrected chi connectivity index (χ0v) is 15.0. The summed E-state index contributed by atoms with van der Waals surface area (Å²) in [6, 6.07) is 9.76. The van der Waals surface area contributed by atoms with Crippen LogP contribution in [-0.2, 0) is 6.42 Å². The van der Waals surface area contributed by atoms with Gasteiger partial charge in [-0.25, -0.2) is 0 Å². The van der Waals surface area contributed by atoms with Crippen molar-refractivity contribution in [1.82, 2.24) is 0 Å². The molecule has 1 aliphatic heterocycles. The number of phenols is 1.